The van der Waals surface area contributed by atoms with Crippen molar-refractivity contribution in [1.29, 1.82) is 0 Å². The van der Waals surface area contributed by atoms with E-state index in [0.29, 0.717) is 0 Å². The highest BCUT2D eigenvalue weighted by Crippen LogP contribution is 2.48. The number of thioether (sulfide) groups is 1. The molecule has 0 aliphatic rings. The van der Waals surface area contributed by atoms with Crippen LogP contribution in [0.3, 0.4) is 0 Å². The minimum absolute atomic E-state index is 0.958. The largest absolute Gasteiger partial charge is 0.240 e. The van der Waals surface area contributed by atoms with E-state index in [1.807, 2.05) is 11.8 Å². The number of aromatic nitrogens is 1. The zero-order valence-electron chi connectivity index (χ0n) is 18.6. The number of hydrogen-bond donors (Lipinski definition) is 0. The predicted molar refractivity (Wildman–Crippen MR) is 142 cm³/mol. The molecule has 4 aromatic carbocycles. The number of pyridine rings is 1. The molecule has 0 bridgehead atoms. The van der Waals surface area contributed by atoms with Crippen LogP contribution in [0.4, 0.5) is 0 Å². The predicted octanol–water partition coefficient (Wildman–Crippen LogP) is 8.86. The average Bonchev–Trinajstić information content (AvgIpc) is 2.90. The van der Waals surface area contributed by atoms with Crippen LogP contribution in [0.2, 0.25) is 0 Å². The maximum absolute atomic E-state index is 5.33. The van der Waals surface area contributed by atoms with Gasteiger partial charge in [0.05, 0.1) is 5.69 Å². The lowest BCUT2D eigenvalue weighted by molar-refractivity contribution is 1.15. The van der Waals surface area contributed by atoms with Crippen molar-refractivity contribution < 1.29 is 0 Å². The van der Waals surface area contributed by atoms with Crippen LogP contribution in [0, 0.1) is 0 Å². The normalized spacial score (nSPS) is 10.8. The first-order chi connectivity index (χ1) is 16.4. The summed E-state index contributed by atoms with van der Waals surface area (Å²) in [6, 6.07) is 42.6. The van der Waals surface area contributed by atoms with E-state index in [1.54, 1.807) is 0 Å². The molecule has 1 aromatic heterocycles. The zero-order valence-corrected chi connectivity index (χ0v) is 19.4. The molecule has 160 valence electrons. The Morgan fingerprint density at radius 3 is 1.33 bits per heavy atom. The summed E-state index contributed by atoms with van der Waals surface area (Å²) in [4.78, 5) is 5.33. The lowest BCUT2D eigenvalue weighted by atomic mass is 9.86. The summed E-state index contributed by atoms with van der Waals surface area (Å²) < 4.78 is 0. The Morgan fingerprint density at radius 2 is 0.879 bits per heavy atom. The summed E-state index contributed by atoms with van der Waals surface area (Å²) >= 11 is 1.81. The van der Waals surface area contributed by atoms with Crippen LogP contribution in [0.25, 0.3) is 44.6 Å². The zero-order chi connectivity index (χ0) is 22.5. The molecule has 0 aliphatic carbocycles. The second-order valence-electron chi connectivity index (χ2n) is 7.79. The minimum Gasteiger partial charge on any atom is -0.240 e. The monoisotopic (exact) mass is 443 g/mol. The standard InChI is InChI=1S/C31H25NS/c1-2-33-31-29(25-19-11-5-12-20-25)27(23-15-7-3-8-16-23)28(24-17-9-4-10-18-24)30(32-31)26-21-13-6-14-22-26/h3-22H,2H2,1H3. The van der Waals surface area contributed by atoms with Gasteiger partial charge in [-0.3, -0.25) is 0 Å². The summed E-state index contributed by atoms with van der Waals surface area (Å²) in [5.41, 5.74) is 9.33. The van der Waals surface area contributed by atoms with Crippen LogP contribution in [0.15, 0.2) is 126 Å². The summed E-state index contributed by atoms with van der Waals surface area (Å²) in [5, 5.41) is 1.07. The van der Waals surface area contributed by atoms with Crippen molar-refractivity contribution in [3.05, 3.63) is 121 Å². The number of rotatable bonds is 6. The number of benzene rings is 4. The third-order valence-electron chi connectivity index (χ3n) is 5.68. The molecule has 5 rings (SSSR count). The van der Waals surface area contributed by atoms with Crippen molar-refractivity contribution in [1.82, 2.24) is 4.98 Å². The highest BCUT2D eigenvalue weighted by molar-refractivity contribution is 7.99. The first-order valence-corrected chi connectivity index (χ1v) is 12.3. The van der Waals surface area contributed by atoms with E-state index in [-0.39, 0.29) is 0 Å². The highest BCUT2D eigenvalue weighted by atomic mass is 32.2. The van der Waals surface area contributed by atoms with E-state index in [4.69, 9.17) is 4.98 Å². The van der Waals surface area contributed by atoms with Gasteiger partial charge in [0.2, 0.25) is 0 Å². The second-order valence-corrected chi connectivity index (χ2v) is 9.04. The van der Waals surface area contributed by atoms with Gasteiger partial charge in [0, 0.05) is 22.3 Å². The fraction of sp³-hybridized carbons (Fsp3) is 0.0645. The van der Waals surface area contributed by atoms with Gasteiger partial charge in [0.25, 0.3) is 0 Å². The second kappa shape index (κ2) is 9.89. The smallest absolute Gasteiger partial charge is 0.105 e. The van der Waals surface area contributed by atoms with E-state index >= 15 is 0 Å². The fourth-order valence-electron chi connectivity index (χ4n) is 4.26. The molecule has 0 radical (unpaired) electrons. The molecule has 0 N–H and O–H groups in total. The fourth-order valence-corrected chi connectivity index (χ4v) is 5.06. The summed E-state index contributed by atoms with van der Waals surface area (Å²) in [7, 11) is 0. The molecular formula is C31H25NS. The lowest BCUT2D eigenvalue weighted by Gasteiger charge is -2.22. The minimum atomic E-state index is 0.958. The van der Waals surface area contributed by atoms with E-state index in [0.717, 1.165) is 22.0 Å². The number of hydrogen-bond acceptors (Lipinski definition) is 2. The van der Waals surface area contributed by atoms with Crippen LogP contribution >= 0.6 is 11.8 Å². The van der Waals surface area contributed by atoms with Crippen LogP contribution in [-0.2, 0) is 0 Å². The van der Waals surface area contributed by atoms with Crippen LogP contribution in [0.1, 0.15) is 6.92 Å². The molecule has 1 nitrogen and oxygen atoms in total. The highest BCUT2D eigenvalue weighted by Gasteiger charge is 2.24. The van der Waals surface area contributed by atoms with Crippen molar-refractivity contribution in [2.45, 2.75) is 11.9 Å². The quantitative estimate of drug-likeness (QED) is 0.243. The molecule has 0 amide bonds. The molecule has 0 atom stereocenters. The molecule has 2 heteroatoms. The SMILES string of the molecule is CCSc1nc(-c2ccccc2)c(-c2ccccc2)c(-c2ccccc2)c1-c1ccccc1. The van der Waals surface area contributed by atoms with Crippen molar-refractivity contribution in [2.24, 2.45) is 0 Å². The van der Waals surface area contributed by atoms with E-state index in [9.17, 15) is 0 Å². The van der Waals surface area contributed by atoms with Crippen molar-refractivity contribution >= 4 is 11.8 Å². The Morgan fingerprint density at radius 1 is 0.485 bits per heavy atom. The van der Waals surface area contributed by atoms with Gasteiger partial charge in [-0.25, -0.2) is 4.98 Å². The molecule has 0 saturated carbocycles. The van der Waals surface area contributed by atoms with Crippen molar-refractivity contribution in [3.63, 3.8) is 0 Å². The van der Waals surface area contributed by atoms with Crippen LogP contribution in [0.5, 0.6) is 0 Å². The van der Waals surface area contributed by atoms with Crippen molar-refractivity contribution in [3.8, 4) is 44.6 Å². The molecule has 0 fully saturated rings. The van der Waals surface area contributed by atoms with Gasteiger partial charge in [-0.05, 0) is 22.4 Å². The summed E-state index contributed by atoms with van der Waals surface area (Å²) in [6.45, 7) is 2.19. The maximum Gasteiger partial charge on any atom is 0.105 e. The average molecular weight is 444 g/mol. The van der Waals surface area contributed by atoms with Gasteiger partial charge in [-0.2, -0.15) is 0 Å². The van der Waals surface area contributed by atoms with Crippen molar-refractivity contribution in [2.75, 3.05) is 5.75 Å². The van der Waals surface area contributed by atoms with Gasteiger partial charge in [-0.15, -0.1) is 11.8 Å². The first-order valence-electron chi connectivity index (χ1n) is 11.3. The Kier molecular flexibility index (Phi) is 6.37. The lowest BCUT2D eigenvalue weighted by Crippen LogP contribution is -2.00. The third kappa shape index (κ3) is 4.35. The van der Waals surface area contributed by atoms with E-state index in [2.05, 4.69) is 128 Å². The summed E-state index contributed by atoms with van der Waals surface area (Å²) in [5.74, 6) is 0.958. The molecule has 0 spiro atoms. The molecule has 1 heterocycles. The molecule has 0 unspecified atom stereocenters. The van der Waals surface area contributed by atoms with Gasteiger partial charge < -0.3 is 0 Å². The molecule has 0 saturated heterocycles. The maximum atomic E-state index is 5.33. The van der Waals surface area contributed by atoms with Gasteiger partial charge >= 0.3 is 0 Å². The van der Waals surface area contributed by atoms with E-state index in [1.165, 1.54) is 33.4 Å². The third-order valence-corrected chi connectivity index (χ3v) is 6.54. The molecule has 0 aliphatic heterocycles. The number of nitrogens with zero attached hydrogens (tertiary/aromatic N) is 1. The Balaban J connectivity index is 1.97. The Labute approximate surface area is 200 Å². The van der Waals surface area contributed by atoms with Gasteiger partial charge in [-0.1, -0.05) is 128 Å². The van der Waals surface area contributed by atoms with Crippen LogP contribution in [-0.4, -0.2) is 10.7 Å². The molecular weight excluding hydrogens is 418 g/mol. The van der Waals surface area contributed by atoms with E-state index < -0.39 is 0 Å². The van der Waals surface area contributed by atoms with Gasteiger partial charge in [0.1, 0.15) is 5.03 Å². The molecule has 33 heavy (non-hydrogen) atoms. The molecule has 5 aromatic rings. The van der Waals surface area contributed by atoms with Gasteiger partial charge in [0.15, 0.2) is 0 Å². The van der Waals surface area contributed by atoms with Crippen LogP contribution < -0.4 is 0 Å². The topological polar surface area (TPSA) is 12.9 Å². The Hall–Kier alpha value is -3.62. The first kappa shape index (κ1) is 21.2. The Bertz CT molecular complexity index is 1330. The summed E-state index contributed by atoms with van der Waals surface area (Å²) in [6.07, 6.45) is 0.